The Hall–Kier alpha value is -1.26. The van der Waals surface area contributed by atoms with E-state index in [4.69, 9.17) is 11.5 Å². The molecule has 0 spiro atoms. The van der Waals surface area contributed by atoms with E-state index in [0.717, 1.165) is 0 Å². The molecule has 10 heavy (non-hydrogen) atoms. The number of nitrogens with zero attached hydrogens (tertiary/aromatic N) is 1. The Balaban J connectivity index is 4.28. The lowest BCUT2D eigenvalue weighted by molar-refractivity contribution is -0.429. The average molecular weight is 145 g/mol. The van der Waals surface area contributed by atoms with Gasteiger partial charge in [-0.15, -0.1) is 0 Å². The smallest absolute Gasteiger partial charge is 0.285 e. The van der Waals surface area contributed by atoms with Gasteiger partial charge < -0.3 is 11.5 Å². The van der Waals surface area contributed by atoms with Crippen LogP contribution in [0.1, 0.15) is 19.8 Å². The van der Waals surface area contributed by atoms with Crippen LogP contribution in [0.5, 0.6) is 0 Å². The van der Waals surface area contributed by atoms with E-state index in [-0.39, 0.29) is 11.5 Å². The molecule has 0 unspecified atom stereocenters. The summed E-state index contributed by atoms with van der Waals surface area (Å²) < 4.78 is 0. The summed E-state index contributed by atoms with van der Waals surface area (Å²) in [6.07, 6.45) is 1.00. The molecule has 0 aliphatic heterocycles. The van der Waals surface area contributed by atoms with E-state index in [1.54, 1.807) is 0 Å². The number of rotatable bonds is 3. The minimum absolute atomic E-state index is 0.0810. The SMILES string of the molecule is CCCC(=C(N)N)[N+](=O)[O-]. The maximum absolute atomic E-state index is 10.1. The summed E-state index contributed by atoms with van der Waals surface area (Å²) >= 11 is 0. The zero-order valence-corrected chi connectivity index (χ0v) is 5.83. The van der Waals surface area contributed by atoms with Crippen molar-refractivity contribution in [2.45, 2.75) is 19.8 Å². The largest absolute Gasteiger partial charge is 0.380 e. The van der Waals surface area contributed by atoms with Crippen LogP contribution in [0.15, 0.2) is 11.5 Å². The molecule has 0 saturated heterocycles. The summed E-state index contributed by atoms with van der Waals surface area (Å²) in [6.45, 7) is 1.83. The molecule has 0 aliphatic carbocycles. The zero-order chi connectivity index (χ0) is 8.15. The van der Waals surface area contributed by atoms with Gasteiger partial charge in [0.25, 0.3) is 5.70 Å². The van der Waals surface area contributed by atoms with Crippen LogP contribution in [0.2, 0.25) is 0 Å². The molecule has 0 amide bonds. The predicted octanol–water partition coefficient (Wildman–Crippen LogP) is 0.150. The molecule has 0 bridgehead atoms. The van der Waals surface area contributed by atoms with Crippen LogP contribution >= 0.6 is 0 Å². The summed E-state index contributed by atoms with van der Waals surface area (Å²) in [5.41, 5.74) is 10.00. The molecule has 0 aromatic heterocycles. The van der Waals surface area contributed by atoms with Crippen molar-refractivity contribution in [3.8, 4) is 0 Å². The Morgan fingerprint density at radius 2 is 2.10 bits per heavy atom. The molecule has 5 nitrogen and oxygen atoms in total. The van der Waals surface area contributed by atoms with E-state index in [2.05, 4.69) is 0 Å². The zero-order valence-electron chi connectivity index (χ0n) is 5.83. The van der Waals surface area contributed by atoms with E-state index in [9.17, 15) is 10.1 Å². The molecular formula is C5H11N3O2. The van der Waals surface area contributed by atoms with Gasteiger partial charge in [0.15, 0.2) is 5.82 Å². The highest BCUT2D eigenvalue weighted by molar-refractivity contribution is 4.98. The highest BCUT2D eigenvalue weighted by Gasteiger charge is 2.11. The number of allylic oxidation sites excluding steroid dienone is 1. The van der Waals surface area contributed by atoms with Crippen LogP contribution in [0.4, 0.5) is 0 Å². The Labute approximate surface area is 58.8 Å². The Morgan fingerprint density at radius 1 is 1.60 bits per heavy atom. The predicted molar refractivity (Wildman–Crippen MR) is 37.3 cm³/mol. The summed E-state index contributed by atoms with van der Waals surface area (Å²) in [4.78, 5) is 9.58. The van der Waals surface area contributed by atoms with Crippen molar-refractivity contribution in [2.75, 3.05) is 0 Å². The van der Waals surface area contributed by atoms with Crippen LogP contribution < -0.4 is 11.5 Å². The van der Waals surface area contributed by atoms with Gasteiger partial charge >= 0.3 is 0 Å². The molecule has 0 aliphatic rings. The molecular weight excluding hydrogens is 134 g/mol. The van der Waals surface area contributed by atoms with E-state index in [1.807, 2.05) is 6.92 Å². The molecule has 0 heterocycles. The summed E-state index contributed by atoms with van der Waals surface area (Å²) in [6, 6.07) is 0. The Morgan fingerprint density at radius 3 is 2.20 bits per heavy atom. The van der Waals surface area contributed by atoms with E-state index in [0.29, 0.717) is 12.8 Å². The monoisotopic (exact) mass is 145 g/mol. The first kappa shape index (κ1) is 8.74. The van der Waals surface area contributed by atoms with Crippen molar-refractivity contribution in [3.63, 3.8) is 0 Å². The van der Waals surface area contributed by atoms with Crippen LogP contribution in [0, 0.1) is 10.1 Å². The fourth-order valence-corrected chi connectivity index (χ4v) is 0.578. The van der Waals surface area contributed by atoms with Crippen molar-refractivity contribution in [1.82, 2.24) is 0 Å². The van der Waals surface area contributed by atoms with Crippen molar-refractivity contribution in [2.24, 2.45) is 11.5 Å². The highest BCUT2D eigenvalue weighted by atomic mass is 16.6. The standard InChI is InChI=1S/C5H11N3O2/c1-2-3-4(5(6)7)8(9)10/h2-3,6-7H2,1H3. The summed E-state index contributed by atoms with van der Waals surface area (Å²) in [5.74, 6) is -0.188. The van der Waals surface area contributed by atoms with E-state index < -0.39 is 4.92 Å². The molecule has 0 saturated carbocycles. The molecule has 0 rings (SSSR count). The third kappa shape index (κ3) is 2.34. The maximum Gasteiger partial charge on any atom is 0.285 e. The summed E-state index contributed by atoms with van der Waals surface area (Å²) in [7, 11) is 0. The second-order valence-electron chi connectivity index (χ2n) is 1.91. The third-order valence-corrected chi connectivity index (χ3v) is 1.04. The van der Waals surface area contributed by atoms with Gasteiger partial charge in [0, 0.05) is 6.42 Å². The second-order valence-corrected chi connectivity index (χ2v) is 1.91. The molecule has 0 aromatic rings. The molecule has 58 valence electrons. The number of hydrogen-bond acceptors (Lipinski definition) is 4. The Kier molecular flexibility index (Phi) is 3.24. The second kappa shape index (κ2) is 3.71. The van der Waals surface area contributed by atoms with Crippen LogP contribution in [-0.4, -0.2) is 4.92 Å². The number of nitrogens with two attached hydrogens (primary N) is 2. The van der Waals surface area contributed by atoms with Gasteiger partial charge in [-0.2, -0.15) is 0 Å². The normalized spacial score (nSPS) is 8.90. The van der Waals surface area contributed by atoms with E-state index >= 15 is 0 Å². The summed E-state index contributed by atoms with van der Waals surface area (Å²) in [5, 5.41) is 10.1. The topological polar surface area (TPSA) is 95.2 Å². The number of nitro groups is 1. The van der Waals surface area contributed by atoms with Gasteiger partial charge in [-0.1, -0.05) is 6.92 Å². The van der Waals surface area contributed by atoms with Crippen LogP contribution in [-0.2, 0) is 0 Å². The van der Waals surface area contributed by atoms with Gasteiger partial charge in [-0.3, -0.25) is 10.1 Å². The molecule has 0 atom stereocenters. The first-order chi connectivity index (χ1) is 4.59. The van der Waals surface area contributed by atoms with Crippen molar-refractivity contribution < 1.29 is 4.92 Å². The minimum atomic E-state index is -0.543. The minimum Gasteiger partial charge on any atom is -0.380 e. The van der Waals surface area contributed by atoms with Crippen molar-refractivity contribution in [3.05, 3.63) is 21.6 Å². The molecule has 0 fully saturated rings. The van der Waals surface area contributed by atoms with Gasteiger partial charge in [0.2, 0.25) is 0 Å². The van der Waals surface area contributed by atoms with Crippen LogP contribution in [0.3, 0.4) is 0 Å². The fraction of sp³-hybridized carbons (Fsp3) is 0.600. The maximum atomic E-state index is 10.1. The van der Waals surface area contributed by atoms with Crippen LogP contribution in [0.25, 0.3) is 0 Å². The average Bonchev–Trinajstić information content (AvgIpc) is 1.81. The van der Waals surface area contributed by atoms with E-state index in [1.165, 1.54) is 0 Å². The quantitative estimate of drug-likeness (QED) is 0.436. The van der Waals surface area contributed by atoms with Crippen molar-refractivity contribution >= 4 is 0 Å². The van der Waals surface area contributed by atoms with Gasteiger partial charge in [0.05, 0.1) is 4.92 Å². The van der Waals surface area contributed by atoms with Gasteiger partial charge in [-0.05, 0) is 6.42 Å². The molecule has 5 heteroatoms. The lowest BCUT2D eigenvalue weighted by atomic mass is 10.2. The molecule has 0 radical (unpaired) electrons. The lowest BCUT2D eigenvalue weighted by Crippen LogP contribution is -2.16. The first-order valence-corrected chi connectivity index (χ1v) is 2.98. The molecule has 0 aromatic carbocycles. The molecule has 4 N–H and O–H groups in total. The number of hydrogen-bond donors (Lipinski definition) is 2. The highest BCUT2D eigenvalue weighted by Crippen LogP contribution is 2.04. The van der Waals surface area contributed by atoms with Crippen molar-refractivity contribution in [1.29, 1.82) is 0 Å². The first-order valence-electron chi connectivity index (χ1n) is 2.98. The lowest BCUT2D eigenvalue weighted by Gasteiger charge is -1.96. The van der Waals surface area contributed by atoms with Gasteiger partial charge in [-0.25, -0.2) is 0 Å². The fourth-order valence-electron chi connectivity index (χ4n) is 0.578. The third-order valence-electron chi connectivity index (χ3n) is 1.04. The van der Waals surface area contributed by atoms with Gasteiger partial charge in [0.1, 0.15) is 0 Å². The Bertz CT molecular complexity index is 160.